The Morgan fingerprint density at radius 3 is 2.37 bits per heavy atom. The van der Waals surface area contributed by atoms with Crippen molar-refractivity contribution in [2.45, 2.75) is 58.2 Å². The first-order chi connectivity index (χ1) is 8.80. The SMILES string of the molecule is CCNC(=O)CNC1CC(NC(=O)OC(C)(C)C)C1. The van der Waals surface area contributed by atoms with E-state index in [4.69, 9.17) is 4.74 Å². The molecule has 1 aliphatic rings. The molecule has 0 unspecified atom stereocenters. The van der Waals surface area contributed by atoms with Crippen LogP contribution in [0.1, 0.15) is 40.5 Å². The Hall–Kier alpha value is -1.30. The smallest absolute Gasteiger partial charge is 0.407 e. The summed E-state index contributed by atoms with van der Waals surface area (Å²) in [5, 5.41) is 8.69. The highest BCUT2D eigenvalue weighted by molar-refractivity contribution is 5.77. The highest BCUT2D eigenvalue weighted by atomic mass is 16.6. The van der Waals surface area contributed by atoms with Gasteiger partial charge < -0.3 is 20.7 Å². The van der Waals surface area contributed by atoms with Crippen LogP contribution in [-0.4, -0.2) is 42.8 Å². The van der Waals surface area contributed by atoms with E-state index >= 15 is 0 Å². The number of likely N-dealkylation sites (N-methyl/N-ethyl adjacent to an activating group) is 1. The van der Waals surface area contributed by atoms with E-state index < -0.39 is 5.60 Å². The van der Waals surface area contributed by atoms with Crippen LogP contribution in [0, 0.1) is 0 Å². The number of rotatable bonds is 5. The molecule has 110 valence electrons. The van der Waals surface area contributed by atoms with Crippen molar-refractivity contribution in [1.82, 2.24) is 16.0 Å². The summed E-state index contributed by atoms with van der Waals surface area (Å²) in [6.07, 6.45) is 1.29. The van der Waals surface area contributed by atoms with Crippen LogP contribution in [0.15, 0.2) is 0 Å². The van der Waals surface area contributed by atoms with Gasteiger partial charge in [-0.05, 0) is 40.5 Å². The predicted octanol–water partition coefficient (Wildman–Crippen LogP) is 0.768. The van der Waals surface area contributed by atoms with E-state index in [1.807, 2.05) is 27.7 Å². The molecule has 0 aliphatic heterocycles. The monoisotopic (exact) mass is 271 g/mol. The van der Waals surface area contributed by atoms with Crippen LogP contribution in [0.4, 0.5) is 4.79 Å². The molecule has 2 amide bonds. The predicted molar refractivity (Wildman–Crippen MR) is 72.9 cm³/mol. The Morgan fingerprint density at radius 2 is 1.84 bits per heavy atom. The number of nitrogens with one attached hydrogen (secondary N) is 3. The zero-order valence-electron chi connectivity index (χ0n) is 12.2. The summed E-state index contributed by atoms with van der Waals surface area (Å²) in [6.45, 7) is 8.38. The van der Waals surface area contributed by atoms with E-state index in [0.717, 1.165) is 12.8 Å². The van der Waals surface area contributed by atoms with E-state index in [1.54, 1.807) is 0 Å². The second-order valence-electron chi connectivity index (χ2n) is 5.85. The molecule has 0 spiro atoms. The third kappa shape index (κ3) is 6.42. The molecule has 0 atom stereocenters. The molecule has 6 heteroatoms. The fourth-order valence-electron chi connectivity index (χ4n) is 1.87. The van der Waals surface area contributed by atoms with Crippen LogP contribution in [0.2, 0.25) is 0 Å². The van der Waals surface area contributed by atoms with Gasteiger partial charge in [0, 0.05) is 18.6 Å². The van der Waals surface area contributed by atoms with Gasteiger partial charge in [-0.2, -0.15) is 0 Å². The molecule has 0 aromatic rings. The van der Waals surface area contributed by atoms with Gasteiger partial charge in [-0.25, -0.2) is 4.79 Å². The highest BCUT2D eigenvalue weighted by Crippen LogP contribution is 2.20. The first kappa shape index (κ1) is 15.8. The maximum absolute atomic E-state index is 11.5. The van der Waals surface area contributed by atoms with Gasteiger partial charge in [-0.3, -0.25) is 4.79 Å². The summed E-state index contributed by atoms with van der Waals surface area (Å²) in [6, 6.07) is 0.434. The summed E-state index contributed by atoms with van der Waals surface area (Å²) in [5.74, 6) is 0.00560. The second-order valence-corrected chi connectivity index (χ2v) is 5.85. The Labute approximate surface area is 114 Å². The van der Waals surface area contributed by atoms with E-state index in [2.05, 4.69) is 16.0 Å². The molecule has 1 fully saturated rings. The molecule has 3 N–H and O–H groups in total. The molecule has 0 aromatic carbocycles. The maximum atomic E-state index is 11.5. The number of amides is 2. The molecule has 0 saturated heterocycles. The lowest BCUT2D eigenvalue weighted by Gasteiger charge is -2.36. The Morgan fingerprint density at radius 1 is 1.21 bits per heavy atom. The van der Waals surface area contributed by atoms with Crippen molar-refractivity contribution in [1.29, 1.82) is 0 Å². The van der Waals surface area contributed by atoms with Crippen LogP contribution in [0.25, 0.3) is 0 Å². The van der Waals surface area contributed by atoms with E-state index in [0.29, 0.717) is 19.1 Å². The first-order valence-corrected chi connectivity index (χ1v) is 6.79. The maximum Gasteiger partial charge on any atom is 0.407 e. The standard InChI is InChI=1S/C13H25N3O3/c1-5-14-11(17)8-15-9-6-10(7-9)16-12(18)19-13(2,3)4/h9-10,15H,5-8H2,1-4H3,(H,14,17)(H,16,18). The first-order valence-electron chi connectivity index (χ1n) is 6.79. The molecule has 0 bridgehead atoms. The third-order valence-corrected chi connectivity index (χ3v) is 2.78. The second kappa shape index (κ2) is 6.75. The normalized spacial score (nSPS) is 22.3. The average Bonchev–Trinajstić information content (AvgIpc) is 2.18. The number of carbonyl (C=O) groups excluding carboxylic acids is 2. The van der Waals surface area contributed by atoms with Crippen molar-refractivity contribution < 1.29 is 14.3 Å². The lowest BCUT2D eigenvalue weighted by Crippen LogP contribution is -2.54. The van der Waals surface area contributed by atoms with Crippen LogP contribution in [0.5, 0.6) is 0 Å². The average molecular weight is 271 g/mol. The minimum Gasteiger partial charge on any atom is -0.444 e. The minimum absolute atomic E-state index is 0.00560. The van der Waals surface area contributed by atoms with E-state index in [1.165, 1.54) is 0 Å². The number of alkyl carbamates (subject to hydrolysis) is 1. The number of hydrogen-bond acceptors (Lipinski definition) is 4. The van der Waals surface area contributed by atoms with Crippen molar-refractivity contribution in [2.75, 3.05) is 13.1 Å². The fraction of sp³-hybridized carbons (Fsp3) is 0.846. The quantitative estimate of drug-likeness (QED) is 0.690. The van der Waals surface area contributed by atoms with Gasteiger partial charge in [-0.15, -0.1) is 0 Å². The zero-order chi connectivity index (χ0) is 14.5. The van der Waals surface area contributed by atoms with Gasteiger partial charge in [0.1, 0.15) is 5.60 Å². The Balaban J connectivity index is 2.10. The third-order valence-electron chi connectivity index (χ3n) is 2.78. The van der Waals surface area contributed by atoms with Gasteiger partial charge in [-0.1, -0.05) is 0 Å². The van der Waals surface area contributed by atoms with Gasteiger partial charge >= 0.3 is 6.09 Å². The summed E-state index contributed by atoms with van der Waals surface area (Å²) >= 11 is 0. The summed E-state index contributed by atoms with van der Waals surface area (Å²) < 4.78 is 5.17. The number of ether oxygens (including phenoxy) is 1. The summed E-state index contributed by atoms with van der Waals surface area (Å²) in [4.78, 5) is 22.7. The molecule has 1 aliphatic carbocycles. The van der Waals surface area contributed by atoms with Crippen molar-refractivity contribution in [2.24, 2.45) is 0 Å². The fourth-order valence-corrected chi connectivity index (χ4v) is 1.87. The lowest BCUT2D eigenvalue weighted by molar-refractivity contribution is -0.120. The largest absolute Gasteiger partial charge is 0.444 e. The van der Waals surface area contributed by atoms with Crippen molar-refractivity contribution in [3.05, 3.63) is 0 Å². The molecule has 19 heavy (non-hydrogen) atoms. The van der Waals surface area contributed by atoms with Crippen LogP contribution < -0.4 is 16.0 Å². The van der Waals surface area contributed by atoms with E-state index in [9.17, 15) is 9.59 Å². The molecule has 0 heterocycles. The molecule has 1 saturated carbocycles. The molecule has 0 aromatic heterocycles. The summed E-state index contributed by atoms with van der Waals surface area (Å²) in [5.41, 5.74) is -0.469. The van der Waals surface area contributed by atoms with Crippen molar-refractivity contribution >= 4 is 12.0 Å². The van der Waals surface area contributed by atoms with Gasteiger partial charge in [0.05, 0.1) is 6.54 Å². The molecular formula is C13H25N3O3. The number of hydrogen-bond donors (Lipinski definition) is 3. The number of carbonyl (C=O) groups is 2. The van der Waals surface area contributed by atoms with E-state index in [-0.39, 0.29) is 18.0 Å². The van der Waals surface area contributed by atoms with Crippen molar-refractivity contribution in [3.63, 3.8) is 0 Å². The van der Waals surface area contributed by atoms with Crippen LogP contribution in [0.3, 0.4) is 0 Å². The Kier molecular flexibility index (Phi) is 5.60. The van der Waals surface area contributed by atoms with Gasteiger partial charge in [0.2, 0.25) is 5.91 Å². The van der Waals surface area contributed by atoms with Gasteiger partial charge in [0.25, 0.3) is 0 Å². The lowest BCUT2D eigenvalue weighted by atomic mass is 9.87. The van der Waals surface area contributed by atoms with Crippen molar-refractivity contribution in [3.8, 4) is 0 Å². The molecular weight excluding hydrogens is 246 g/mol. The molecule has 6 nitrogen and oxygen atoms in total. The topological polar surface area (TPSA) is 79.5 Å². The van der Waals surface area contributed by atoms with Crippen LogP contribution >= 0.6 is 0 Å². The molecule has 0 radical (unpaired) electrons. The summed E-state index contributed by atoms with van der Waals surface area (Å²) in [7, 11) is 0. The minimum atomic E-state index is -0.469. The van der Waals surface area contributed by atoms with Gasteiger partial charge in [0.15, 0.2) is 0 Å². The molecule has 1 rings (SSSR count). The highest BCUT2D eigenvalue weighted by Gasteiger charge is 2.31. The zero-order valence-corrected chi connectivity index (χ0v) is 12.2. The Bertz CT molecular complexity index is 320. The van der Waals surface area contributed by atoms with Crippen LogP contribution in [-0.2, 0) is 9.53 Å².